The van der Waals surface area contributed by atoms with Crippen LogP contribution < -0.4 is 10.2 Å². The second kappa shape index (κ2) is 4.94. The lowest BCUT2D eigenvalue weighted by Gasteiger charge is -2.45. The van der Waals surface area contributed by atoms with E-state index in [1.165, 1.54) is 0 Å². The summed E-state index contributed by atoms with van der Waals surface area (Å²) >= 11 is 6.18. The molecule has 2 atom stereocenters. The number of hydrogen-bond acceptors (Lipinski definition) is 4. The van der Waals surface area contributed by atoms with Crippen molar-refractivity contribution < 1.29 is 13.2 Å². The van der Waals surface area contributed by atoms with E-state index in [1.807, 2.05) is 19.1 Å². The van der Waals surface area contributed by atoms with Crippen molar-refractivity contribution in [3.63, 3.8) is 0 Å². The third kappa shape index (κ3) is 2.53. The second-order valence-electron chi connectivity index (χ2n) is 6.63. The molecule has 0 radical (unpaired) electrons. The Morgan fingerprint density at radius 2 is 2.00 bits per heavy atom. The van der Waals surface area contributed by atoms with Gasteiger partial charge in [0.05, 0.1) is 23.1 Å². The molecule has 1 aromatic carbocycles. The highest BCUT2D eigenvalue weighted by Gasteiger charge is 2.52. The largest absolute Gasteiger partial charge is 0.305 e. The van der Waals surface area contributed by atoms with Gasteiger partial charge in [0.1, 0.15) is 0 Å². The number of nitrogens with one attached hydrogen (secondary N) is 1. The highest BCUT2D eigenvalue weighted by molar-refractivity contribution is 7.91. The average molecular weight is 343 g/mol. The summed E-state index contributed by atoms with van der Waals surface area (Å²) < 4.78 is 24.0. The van der Waals surface area contributed by atoms with Gasteiger partial charge in [-0.1, -0.05) is 17.7 Å². The second-order valence-corrected chi connectivity index (χ2v) is 9.19. The van der Waals surface area contributed by atoms with Crippen LogP contribution in [-0.2, 0) is 14.6 Å². The summed E-state index contributed by atoms with van der Waals surface area (Å²) in [7, 11) is -3.15. The molecule has 0 aromatic heterocycles. The van der Waals surface area contributed by atoms with E-state index >= 15 is 0 Å². The molecular formula is C15H19ClN2O3S. The van der Waals surface area contributed by atoms with Crippen molar-refractivity contribution in [3.05, 3.63) is 28.8 Å². The highest BCUT2D eigenvalue weighted by Crippen LogP contribution is 2.34. The van der Waals surface area contributed by atoms with E-state index in [0.717, 1.165) is 5.56 Å². The van der Waals surface area contributed by atoms with Crippen LogP contribution in [-0.4, -0.2) is 43.5 Å². The maximum atomic E-state index is 12.8. The first-order chi connectivity index (χ1) is 10.1. The number of nitrogens with zero attached hydrogens (tertiary/aromatic N) is 1. The van der Waals surface area contributed by atoms with Gasteiger partial charge in [-0.2, -0.15) is 0 Å². The molecule has 120 valence electrons. The van der Waals surface area contributed by atoms with Crippen molar-refractivity contribution in [2.45, 2.75) is 38.4 Å². The summed E-state index contributed by atoms with van der Waals surface area (Å²) in [5, 5.41) is 3.75. The molecule has 2 fully saturated rings. The molecule has 2 aliphatic rings. The summed E-state index contributed by atoms with van der Waals surface area (Å²) in [6.07, 6.45) is 0. The number of sulfone groups is 1. The Bertz CT molecular complexity index is 745. The third-order valence-electron chi connectivity index (χ3n) is 4.39. The maximum absolute atomic E-state index is 12.8. The van der Waals surface area contributed by atoms with Crippen LogP contribution in [0.3, 0.4) is 0 Å². The summed E-state index contributed by atoms with van der Waals surface area (Å²) in [6, 6.07) is 4.76. The van der Waals surface area contributed by atoms with Crippen LogP contribution in [0, 0.1) is 6.92 Å². The van der Waals surface area contributed by atoms with Crippen LogP contribution in [0.15, 0.2) is 18.2 Å². The SMILES string of the molecule is Cc1ccc(N2C(=O)C(C)(C)N[C@@H]3CS(=O)(=O)C[C@@H]32)cc1Cl. The lowest BCUT2D eigenvalue weighted by atomic mass is 9.93. The van der Waals surface area contributed by atoms with E-state index in [-0.39, 0.29) is 29.5 Å². The van der Waals surface area contributed by atoms with Crippen molar-refractivity contribution in [3.8, 4) is 0 Å². The topological polar surface area (TPSA) is 66.5 Å². The van der Waals surface area contributed by atoms with Crippen LogP contribution >= 0.6 is 11.6 Å². The fraction of sp³-hybridized carbons (Fsp3) is 0.533. The molecule has 1 amide bonds. The monoisotopic (exact) mass is 342 g/mol. The molecule has 0 saturated carbocycles. The lowest BCUT2D eigenvalue weighted by molar-refractivity contribution is -0.126. The molecule has 7 heteroatoms. The standard InChI is InChI=1S/C15H19ClN2O3S/c1-9-4-5-10(6-11(9)16)18-13-8-22(20,21)7-12(13)17-15(2,3)14(18)19/h4-6,12-13,17H,7-8H2,1-3H3/t12-,13+/m1/s1. The van der Waals surface area contributed by atoms with Crippen LogP contribution in [0.2, 0.25) is 5.02 Å². The molecule has 0 aliphatic carbocycles. The van der Waals surface area contributed by atoms with Gasteiger partial charge in [0.15, 0.2) is 9.84 Å². The Morgan fingerprint density at radius 1 is 1.32 bits per heavy atom. The van der Waals surface area contributed by atoms with Gasteiger partial charge < -0.3 is 4.90 Å². The van der Waals surface area contributed by atoms with Crippen molar-refractivity contribution in [1.82, 2.24) is 5.32 Å². The number of anilines is 1. The van der Waals surface area contributed by atoms with Crippen molar-refractivity contribution in [2.24, 2.45) is 0 Å². The number of aryl methyl sites for hydroxylation is 1. The van der Waals surface area contributed by atoms with Gasteiger partial charge in [0.2, 0.25) is 5.91 Å². The van der Waals surface area contributed by atoms with Gasteiger partial charge in [-0.15, -0.1) is 0 Å². The molecule has 3 rings (SSSR count). The summed E-state index contributed by atoms with van der Waals surface area (Å²) in [5.74, 6) is -0.0894. The first kappa shape index (κ1) is 15.8. The molecule has 2 aliphatic heterocycles. The average Bonchev–Trinajstić information content (AvgIpc) is 2.67. The molecule has 2 heterocycles. The molecule has 2 saturated heterocycles. The summed E-state index contributed by atoms with van der Waals surface area (Å²) in [4.78, 5) is 14.4. The van der Waals surface area contributed by atoms with Crippen molar-refractivity contribution in [1.29, 1.82) is 0 Å². The normalized spacial score (nSPS) is 29.5. The molecule has 1 aromatic rings. The molecule has 1 N–H and O–H groups in total. The summed E-state index contributed by atoms with van der Waals surface area (Å²) in [5.41, 5.74) is 0.767. The molecule has 0 bridgehead atoms. The zero-order valence-electron chi connectivity index (χ0n) is 12.8. The Labute approximate surface area is 135 Å². The Balaban J connectivity index is 2.09. The number of benzene rings is 1. The van der Waals surface area contributed by atoms with Gasteiger partial charge in [-0.25, -0.2) is 8.42 Å². The lowest BCUT2D eigenvalue weighted by Crippen LogP contribution is -2.69. The number of hydrogen-bond donors (Lipinski definition) is 1. The van der Waals surface area contributed by atoms with Gasteiger partial charge in [-0.3, -0.25) is 10.1 Å². The van der Waals surface area contributed by atoms with Crippen LogP contribution in [0.4, 0.5) is 5.69 Å². The minimum atomic E-state index is -3.15. The van der Waals surface area contributed by atoms with Gasteiger partial charge in [0.25, 0.3) is 0 Å². The van der Waals surface area contributed by atoms with E-state index in [9.17, 15) is 13.2 Å². The van der Waals surface area contributed by atoms with Crippen LogP contribution in [0.25, 0.3) is 0 Å². The fourth-order valence-corrected chi connectivity index (χ4v) is 5.30. The number of fused-ring (bicyclic) bond motifs is 1. The molecule has 0 spiro atoms. The van der Waals surface area contributed by atoms with Crippen LogP contribution in [0.5, 0.6) is 0 Å². The third-order valence-corrected chi connectivity index (χ3v) is 6.51. The quantitative estimate of drug-likeness (QED) is 0.840. The smallest absolute Gasteiger partial charge is 0.247 e. The van der Waals surface area contributed by atoms with Crippen molar-refractivity contribution in [2.75, 3.05) is 16.4 Å². The van der Waals surface area contributed by atoms with Gasteiger partial charge >= 0.3 is 0 Å². The van der Waals surface area contributed by atoms with E-state index in [4.69, 9.17) is 11.6 Å². The number of carbonyl (C=O) groups is 1. The zero-order chi connectivity index (χ0) is 16.3. The zero-order valence-corrected chi connectivity index (χ0v) is 14.3. The maximum Gasteiger partial charge on any atom is 0.247 e. The Hall–Kier alpha value is -1.11. The molecule has 22 heavy (non-hydrogen) atoms. The van der Waals surface area contributed by atoms with E-state index < -0.39 is 15.4 Å². The minimum Gasteiger partial charge on any atom is -0.305 e. The van der Waals surface area contributed by atoms with Gasteiger partial charge in [0, 0.05) is 16.8 Å². The van der Waals surface area contributed by atoms with Crippen molar-refractivity contribution >= 4 is 33.0 Å². The fourth-order valence-electron chi connectivity index (χ4n) is 3.24. The Kier molecular flexibility index (Phi) is 3.54. The number of piperazine rings is 1. The first-order valence-corrected chi connectivity index (χ1v) is 9.39. The first-order valence-electron chi connectivity index (χ1n) is 7.19. The van der Waals surface area contributed by atoms with Crippen LogP contribution in [0.1, 0.15) is 19.4 Å². The van der Waals surface area contributed by atoms with Gasteiger partial charge in [-0.05, 0) is 38.5 Å². The van der Waals surface area contributed by atoms with E-state index in [0.29, 0.717) is 10.7 Å². The predicted octanol–water partition coefficient (Wildman–Crippen LogP) is 1.53. The molecule has 0 unspecified atom stereocenters. The van der Waals surface area contributed by atoms with E-state index in [1.54, 1.807) is 24.8 Å². The minimum absolute atomic E-state index is 0.0159. The van der Waals surface area contributed by atoms with E-state index in [2.05, 4.69) is 5.32 Å². The summed E-state index contributed by atoms with van der Waals surface area (Å²) in [6.45, 7) is 5.44. The Morgan fingerprint density at radius 3 is 2.64 bits per heavy atom. The molecular weight excluding hydrogens is 324 g/mol. The number of rotatable bonds is 1. The predicted molar refractivity (Wildman–Crippen MR) is 87.1 cm³/mol. The molecule has 5 nitrogen and oxygen atoms in total. The number of amides is 1. The highest BCUT2D eigenvalue weighted by atomic mass is 35.5. The number of halogens is 1. The number of carbonyl (C=O) groups excluding carboxylic acids is 1.